The van der Waals surface area contributed by atoms with Crippen LogP contribution >= 0.6 is 15.9 Å². The molecular formula is C12H13BrO. The van der Waals surface area contributed by atoms with Gasteiger partial charge in [-0.25, -0.2) is 0 Å². The van der Waals surface area contributed by atoms with Gasteiger partial charge in [-0.05, 0) is 17.5 Å². The Morgan fingerprint density at radius 1 is 1.29 bits per heavy atom. The van der Waals surface area contributed by atoms with Gasteiger partial charge in [0.2, 0.25) is 0 Å². The van der Waals surface area contributed by atoms with Gasteiger partial charge in [-0.3, -0.25) is 0 Å². The van der Waals surface area contributed by atoms with Crippen LogP contribution in [0.5, 0.6) is 0 Å². The lowest BCUT2D eigenvalue weighted by Gasteiger charge is -2.02. The molecule has 1 aromatic carbocycles. The lowest BCUT2D eigenvalue weighted by atomic mass is 10.0. The van der Waals surface area contributed by atoms with E-state index in [1.54, 1.807) is 0 Å². The third-order valence-electron chi connectivity index (χ3n) is 1.97. The molecule has 0 aliphatic heterocycles. The van der Waals surface area contributed by atoms with Crippen molar-refractivity contribution in [3.63, 3.8) is 0 Å². The Labute approximate surface area is 93.0 Å². The van der Waals surface area contributed by atoms with Gasteiger partial charge < -0.3 is 4.79 Å². The minimum atomic E-state index is 0.596. The molecule has 74 valence electrons. The highest BCUT2D eigenvalue weighted by Gasteiger charge is 1.97. The monoisotopic (exact) mass is 252 g/mol. The number of carbonyl (C=O) groups is 1. The Kier molecular flexibility index (Phi) is 5.23. The molecular weight excluding hydrogens is 240 g/mol. The van der Waals surface area contributed by atoms with Gasteiger partial charge >= 0.3 is 0 Å². The summed E-state index contributed by atoms with van der Waals surface area (Å²) in [5.74, 6) is 0. The summed E-state index contributed by atoms with van der Waals surface area (Å²) in [7, 11) is 0. The summed E-state index contributed by atoms with van der Waals surface area (Å²) >= 11 is 3.34. The van der Waals surface area contributed by atoms with Gasteiger partial charge in [0.15, 0.2) is 0 Å². The van der Waals surface area contributed by atoms with E-state index in [4.69, 9.17) is 0 Å². The number of hydrogen-bond donors (Lipinski definition) is 0. The fourth-order valence-corrected chi connectivity index (χ4v) is 1.50. The van der Waals surface area contributed by atoms with E-state index in [1.807, 2.05) is 12.1 Å². The normalized spacial score (nSPS) is 10.6. The second kappa shape index (κ2) is 6.55. The minimum absolute atomic E-state index is 0.596. The van der Waals surface area contributed by atoms with Crippen molar-refractivity contribution in [3.8, 4) is 0 Å². The lowest BCUT2D eigenvalue weighted by molar-refractivity contribution is -0.107. The molecule has 0 unspecified atom stereocenters. The van der Waals surface area contributed by atoms with Crippen molar-refractivity contribution >= 4 is 28.3 Å². The van der Waals surface area contributed by atoms with Crippen LogP contribution in [0.15, 0.2) is 30.3 Å². The summed E-state index contributed by atoms with van der Waals surface area (Å²) in [5.41, 5.74) is 2.44. The molecule has 1 aromatic rings. The summed E-state index contributed by atoms with van der Waals surface area (Å²) in [5, 5.41) is 0.856. The Balaban J connectivity index is 2.79. The van der Waals surface area contributed by atoms with Crippen LogP contribution in [0.4, 0.5) is 0 Å². The second-order valence-corrected chi connectivity index (χ2v) is 3.61. The van der Waals surface area contributed by atoms with Crippen LogP contribution in [0.1, 0.15) is 17.5 Å². The molecule has 1 nitrogen and oxygen atoms in total. The topological polar surface area (TPSA) is 17.1 Å². The molecule has 0 radical (unpaired) electrons. The summed E-state index contributed by atoms with van der Waals surface area (Å²) < 4.78 is 0. The van der Waals surface area contributed by atoms with Crippen molar-refractivity contribution in [2.45, 2.75) is 12.8 Å². The van der Waals surface area contributed by atoms with Crippen LogP contribution in [0.25, 0.3) is 6.08 Å². The van der Waals surface area contributed by atoms with E-state index in [9.17, 15) is 4.79 Å². The first-order valence-electron chi connectivity index (χ1n) is 4.62. The molecule has 0 fully saturated rings. The van der Waals surface area contributed by atoms with Gasteiger partial charge in [0.05, 0.1) is 0 Å². The summed E-state index contributed by atoms with van der Waals surface area (Å²) in [6, 6.07) is 8.15. The van der Waals surface area contributed by atoms with Crippen molar-refractivity contribution in [1.82, 2.24) is 0 Å². The zero-order valence-electron chi connectivity index (χ0n) is 7.95. The van der Waals surface area contributed by atoms with Crippen LogP contribution in [-0.4, -0.2) is 11.6 Å². The van der Waals surface area contributed by atoms with Gasteiger partial charge in [0.25, 0.3) is 0 Å². The van der Waals surface area contributed by atoms with Gasteiger partial charge in [0.1, 0.15) is 6.29 Å². The van der Waals surface area contributed by atoms with Crippen molar-refractivity contribution < 1.29 is 4.79 Å². The Hall–Kier alpha value is -0.890. The van der Waals surface area contributed by atoms with E-state index in [1.165, 1.54) is 11.1 Å². The third kappa shape index (κ3) is 3.46. The smallest absolute Gasteiger partial charge is 0.120 e. The fourth-order valence-electron chi connectivity index (χ4n) is 1.31. The third-order valence-corrected chi connectivity index (χ3v) is 2.35. The molecule has 14 heavy (non-hydrogen) atoms. The molecule has 1 rings (SSSR count). The second-order valence-electron chi connectivity index (χ2n) is 2.96. The average Bonchev–Trinajstić information content (AvgIpc) is 2.24. The van der Waals surface area contributed by atoms with Crippen LogP contribution in [0.2, 0.25) is 0 Å². The summed E-state index contributed by atoms with van der Waals surface area (Å²) in [4.78, 5) is 10.3. The molecule has 0 N–H and O–H groups in total. The maximum absolute atomic E-state index is 10.3. The van der Waals surface area contributed by atoms with E-state index in [0.29, 0.717) is 6.42 Å². The molecule has 0 atom stereocenters. The van der Waals surface area contributed by atoms with Crippen LogP contribution in [0, 0.1) is 0 Å². The van der Waals surface area contributed by atoms with Crippen molar-refractivity contribution in [3.05, 3.63) is 41.5 Å². The molecule has 2 heteroatoms. The number of aldehydes is 1. The van der Waals surface area contributed by atoms with E-state index < -0.39 is 0 Å². The first-order valence-corrected chi connectivity index (χ1v) is 5.74. The number of rotatable bonds is 5. The highest BCUT2D eigenvalue weighted by molar-refractivity contribution is 9.09. The zero-order valence-corrected chi connectivity index (χ0v) is 9.53. The number of halogens is 1. The maximum atomic E-state index is 10.3. The van der Waals surface area contributed by atoms with Crippen LogP contribution in [0.3, 0.4) is 0 Å². The van der Waals surface area contributed by atoms with Crippen LogP contribution < -0.4 is 0 Å². The number of benzene rings is 1. The number of carbonyl (C=O) groups excluding carboxylic acids is 1. The SMILES string of the molecule is O=CCCc1ccccc1/C=C/CBr. The van der Waals surface area contributed by atoms with Crippen LogP contribution in [-0.2, 0) is 11.2 Å². The maximum Gasteiger partial charge on any atom is 0.120 e. The van der Waals surface area contributed by atoms with Gasteiger partial charge in [-0.1, -0.05) is 52.3 Å². The van der Waals surface area contributed by atoms with E-state index in [-0.39, 0.29) is 0 Å². The quantitative estimate of drug-likeness (QED) is 0.581. The van der Waals surface area contributed by atoms with Gasteiger partial charge in [-0.2, -0.15) is 0 Å². The lowest BCUT2D eigenvalue weighted by Crippen LogP contribution is -1.89. The molecule has 0 saturated carbocycles. The van der Waals surface area contributed by atoms with Gasteiger partial charge in [-0.15, -0.1) is 0 Å². The number of allylic oxidation sites excluding steroid dienone is 1. The predicted molar refractivity (Wildman–Crippen MR) is 63.7 cm³/mol. The summed E-state index contributed by atoms with van der Waals surface area (Å²) in [6.45, 7) is 0. The Morgan fingerprint density at radius 2 is 2.07 bits per heavy atom. The molecule has 0 aliphatic carbocycles. The number of hydrogen-bond acceptors (Lipinski definition) is 1. The minimum Gasteiger partial charge on any atom is -0.303 e. The molecule has 0 aliphatic rings. The fraction of sp³-hybridized carbons (Fsp3) is 0.250. The highest BCUT2D eigenvalue weighted by Crippen LogP contribution is 2.12. The Morgan fingerprint density at radius 3 is 2.79 bits per heavy atom. The van der Waals surface area contributed by atoms with Gasteiger partial charge in [0, 0.05) is 11.8 Å². The first kappa shape index (κ1) is 11.2. The highest BCUT2D eigenvalue weighted by atomic mass is 79.9. The molecule has 0 bridgehead atoms. The zero-order chi connectivity index (χ0) is 10.2. The van der Waals surface area contributed by atoms with Crippen molar-refractivity contribution in [2.75, 3.05) is 5.33 Å². The number of alkyl halides is 1. The Bertz CT molecular complexity index is 318. The van der Waals surface area contributed by atoms with Crippen molar-refractivity contribution in [2.24, 2.45) is 0 Å². The molecule has 0 spiro atoms. The largest absolute Gasteiger partial charge is 0.303 e. The van der Waals surface area contributed by atoms with E-state index in [0.717, 1.165) is 18.0 Å². The van der Waals surface area contributed by atoms with E-state index >= 15 is 0 Å². The first-order chi connectivity index (χ1) is 6.88. The molecule has 0 heterocycles. The standard InChI is InChI=1S/C12H13BrO/c13-9-3-7-11-5-1-2-6-12(11)8-4-10-14/h1-3,5-7,10H,4,8-9H2/b7-3+. The number of aryl methyl sites for hydroxylation is 1. The van der Waals surface area contributed by atoms with E-state index in [2.05, 4.69) is 40.2 Å². The molecule has 0 aromatic heterocycles. The predicted octanol–water partition coefficient (Wildman–Crippen LogP) is 3.23. The summed E-state index contributed by atoms with van der Waals surface area (Å²) in [6.07, 6.45) is 6.52. The van der Waals surface area contributed by atoms with Crippen molar-refractivity contribution in [1.29, 1.82) is 0 Å². The molecule has 0 saturated heterocycles. The average molecular weight is 253 g/mol. The molecule has 0 amide bonds.